The van der Waals surface area contributed by atoms with Crippen LogP contribution in [0.2, 0.25) is 0 Å². The van der Waals surface area contributed by atoms with Gasteiger partial charge in [-0.1, -0.05) is 13.8 Å². The fourth-order valence-electron chi connectivity index (χ4n) is 3.13. The van der Waals surface area contributed by atoms with E-state index in [1.165, 1.54) is 4.88 Å². The zero-order valence-corrected chi connectivity index (χ0v) is 16.2. The van der Waals surface area contributed by atoms with Gasteiger partial charge in [0.05, 0.1) is 12.1 Å². The van der Waals surface area contributed by atoms with Gasteiger partial charge in [-0.05, 0) is 44.0 Å². The van der Waals surface area contributed by atoms with Gasteiger partial charge in [0.1, 0.15) is 0 Å². The summed E-state index contributed by atoms with van der Waals surface area (Å²) in [7, 11) is 0. The summed E-state index contributed by atoms with van der Waals surface area (Å²) < 4.78 is 0. The first-order chi connectivity index (χ1) is 11.9. The van der Waals surface area contributed by atoms with E-state index >= 15 is 0 Å². The smallest absolute Gasteiger partial charge is 0.227 e. The van der Waals surface area contributed by atoms with E-state index in [1.807, 2.05) is 24.0 Å². The average Bonchev–Trinajstić information content (AvgIpc) is 3.04. The minimum atomic E-state index is 0.221. The Morgan fingerprint density at radius 3 is 2.64 bits per heavy atom. The SMILES string of the molecule is Cc1ccc(N2CCN(C(=O)Cc3ccc(C(C)C)s3)C[C@H]2C)nn1. The van der Waals surface area contributed by atoms with Crippen LogP contribution in [0.25, 0.3) is 0 Å². The van der Waals surface area contributed by atoms with Crippen molar-refractivity contribution in [3.05, 3.63) is 39.7 Å². The Balaban J connectivity index is 1.59. The van der Waals surface area contributed by atoms with Gasteiger partial charge in [-0.2, -0.15) is 5.10 Å². The van der Waals surface area contributed by atoms with E-state index in [9.17, 15) is 4.79 Å². The van der Waals surface area contributed by atoms with E-state index in [0.29, 0.717) is 12.3 Å². The topological polar surface area (TPSA) is 49.3 Å². The summed E-state index contributed by atoms with van der Waals surface area (Å²) in [4.78, 5) is 19.4. The maximum atomic E-state index is 12.7. The van der Waals surface area contributed by atoms with Crippen LogP contribution < -0.4 is 4.90 Å². The standard InChI is InChI=1S/C19H26N4OS/c1-13(2)17-7-6-16(25-17)11-19(24)22-9-10-23(15(4)12-22)18-8-5-14(3)20-21-18/h5-8,13,15H,9-12H2,1-4H3/t15-/m1/s1. The van der Waals surface area contributed by atoms with Crippen LogP contribution in [0.1, 0.15) is 42.1 Å². The summed E-state index contributed by atoms with van der Waals surface area (Å²) in [5.41, 5.74) is 0.918. The van der Waals surface area contributed by atoms with E-state index in [1.54, 1.807) is 11.3 Å². The highest BCUT2D eigenvalue weighted by molar-refractivity contribution is 7.12. The molecule has 0 N–H and O–H groups in total. The van der Waals surface area contributed by atoms with Crippen molar-refractivity contribution < 1.29 is 4.79 Å². The van der Waals surface area contributed by atoms with Gasteiger partial charge >= 0.3 is 0 Å². The summed E-state index contributed by atoms with van der Waals surface area (Å²) in [5.74, 6) is 1.64. The molecule has 0 aromatic carbocycles. The van der Waals surface area contributed by atoms with Crippen molar-refractivity contribution in [2.24, 2.45) is 0 Å². The van der Waals surface area contributed by atoms with Crippen LogP contribution in [-0.4, -0.2) is 46.7 Å². The molecule has 2 aromatic heterocycles. The van der Waals surface area contributed by atoms with E-state index in [0.717, 1.165) is 36.0 Å². The number of thiophene rings is 1. The van der Waals surface area contributed by atoms with Crippen LogP contribution in [0.3, 0.4) is 0 Å². The molecule has 0 saturated carbocycles. The molecule has 2 aromatic rings. The molecule has 0 unspecified atom stereocenters. The Labute approximate surface area is 153 Å². The molecule has 134 valence electrons. The highest BCUT2D eigenvalue weighted by Gasteiger charge is 2.27. The van der Waals surface area contributed by atoms with Crippen LogP contribution in [0.15, 0.2) is 24.3 Å². The molecule has 5 nitrogen and oxygen atoms in total. The first-order valence-electron chi connectivity index (χ1n) is 8.87. The number of carbonyl (C=O) groups excluding carboxylic acids is 1. The molecule has 0 radical (unpaired) electrons. The number of aryl methyl sites for hydroxylation is 1. The lowest BCUT2D eigenvalue weighted by molar-refractivity contribution is -0.131. The predicted molar refractivity (Wildman–Crippen MR) is 102 cm³/mol. The lowest BCUT2D eigenvalue weighted by Crippen LogP contribution is -2.54. The third kappa shape index (κ3) is 4.18. The molecule has 1 amide bonds. The fourth-order valence-corrected chi connectivity index (χ4v) is 4.14. The first-order valence-corrected chi connectivity index (χ1v) is 9.69. The highest BCUT2D eigenvalue weighted by Crippen LogP contribution is 2.25. The quantitative estimate of drug-likeness (QED) is 0.842. The van der Waals surface area contributed by atoms with Crippen molar-refractivity contribution in [3.63, 3.8) is 0 Å². The number of piperazine rings is 1. The molecule has 3 heterocycles. The normalized spacial score (nSPS) is 18.0. The van der Waals surface area contributed by atoms with Crippen molar-refractivity contribution in [2.45, 2.75) is 46.1 Å². The summed E-state index contributed by atoms with van der Waals surface area (Å²) >= 11 is 1.76. The molecule has 25 heavy (non-hydrogen) atoms. The third-order valence-electron chi connectivity index (χ3n) is 4.64. The maximum Gasteiger partial charge on any atom is 0.227 e. The van der Waals surface area contributed by atoms with Gasteiger partial charge in [0.2, 0.25) is 5.91 Å². The molecular weight excluding hydrogens is 332 g/mol. The van der Waals surface area contributed by atoms with Crippen LogP contribution >= 0.6 is 11.3 Å². The summed E-state index contributed by atoms with van der Waals surface area (Å²) in [5, 5.41) is 8.43. The number of hydrogen-bond acceptors (Lipinski definition) is 5. The van der Waals surface area contributed by atoms with Crippen molar-refractivity contribution in [2.75, 3.05) is 24.5 Å². The molecule has 1 atom stereocenters. The fraction of sp³-hybridized carbons (Fsp3) is 0.526. The Kier molecular flexibility index (Phi) is 5.37. The highest BCUT2D eigenvalue weighted by atomic mass is 32.1. The van der Waals surface area contributed by atoms with E-state index in [-0.39, 0.29) is 11.9 Å². The molecule has 0 bridgehead atoms. The molecule has 1 aliphatic rings. The monoisotopic (exact) mass is 358 g/mol. The molecule has 0 spiro atoms. The Hall–Kier alpha value is -1.95. The molecule has 1 aliphatic heterocycles. The van der Waals surface area contributed by atoms with Crippen molar-refractivity contribution >= 4 is 23.1 Å². The van der Waals surface area contributed by atoms with Crippen LogP contribution in [-0.2, 0) is 11.2 Å². The summed E-state index contributed by atoms with van der Waals surface area (Å²) in [6.45, 7) is 10.7. The second-order valence-corrected chi connectivity index (χ2v) is 8.25. The minimum Gasteiger partial charge on any atom is -0.349 e. The third-order valence-corrected chi connectivity index (χ3v) is 6.02. The van der Waals surface area contributed by atoms with Gasteiger partial charge in [0.25, 0.3) is 0 Å². The number of nitrogens with zero attached hydrogens (tertiary/aromatic N) is 4. The Bertz CT molecular complexity index is 725. The number of carbonyl (C=O) groups is 1. The van der Waals surface area contributed by atoms with Gasteiger partial charge in [-0.15, -0.1) is 16.4 Å². The Morgan fingerprint density at radius 1 is 1.24 bits per heavy atom. The van der Waals surface area contributed by atoms with Crippen LogP contribution in [0.5, 0.6) is 0 Å². The van der Waals surface area contributed by atoms with E-state index < -0.39 is 0 Å². The van der Waals surface area contributed by atoms with Gasteiger partial charge < -0.3 is 9.80 Å². The number of rotatable bonds is 4. The number of hydrogen-bond donors (Lipinski definition) is 0. The van der Waals surface area contributed by atoms with E-state index in [2.05, 4.69) is 48.0 Å². The maximum absolute atomic E-state index is 12.7. The van der Waals surface area contributed by atoms with Crippen LogP contribution in [0, 0.1) is 6.92 Å². The van der Waals surface area contributed by atoms with Crippen molar-refractivity contribution in [1.82, 2.24) is 15.1 Å². The van der Waals surface area contributed by atoms with Crippen molar-refractivity contribution in [3.8, 4) is 0 Å². The second-order valence-electron chi connectivity index (χ2n) is 7.05. The summed E-state index contributed by atoms with van der Waals surface area (Å²) in [6.07, 6.45) is 0.508. The van der Waals surface area contributed by atoms with Gasteiger partial charge in [-0.25, -0.2) is 0 Å². The van der Waals surface area contributed by atoms with Crippen molar-refractivity contribution in [1.29, 1.82) is 0 Å². The number of amides is 1. The lowest BCUT2D eigenvalue weighted by atomic mass is 10.1. The molecule has 6 heteroatoms. The first kappa shape index (κ1) is 17.9. The van der Waals surface area contributed by atoms with E-state index in [4.69, 9.17) is 0 Å². The van der Waals surface area contributed by atoms with Gasteiger partial charge in [0, 0.05) is 35.4 Å². The minimum absolute atomic E-state index is 0.221. The Morgan fingerprint density at radius 2 is 2.04 bits per heavy atom. The molecular formula is C19H26N4OS. The lowest BCUT2D eigenvalue weighted by Gasteiger charge is -2.40. The zero-order valence-electron chi connectivity index (χ0n) is 15.4. The second kappa shape index (κ2) is 7.52. The molecule has 0 aliphatic carbocycles. The molecule has 1 fully saturated rings. The number of anilines is 1. The molecule has 3 rings (SSSR count). The average molecular weight is 359 g/mol. The predicted octanol–water partition coefficient (Wildman–Crippen LogP) is 3.25. The summed E-state index contributed by atoms with van der Waals surface area (Å²) in [6, 6.07) is 8.48. The van der Waals surface area contributed by atoms with Gasteiger partial charge in [-0.3, -0.25) is 4.79 Å². The van der Waals surface area contributed by atoms with Gasteiger partial charge in [0.15, 0.2) is 5.82 Å². The zero-order chi connectivity index (χ0) is 18.0. The molecule has 1 saturated heterocycles. The van der Waals surface area contributed by atoms with Crippen LogP contribution in [0.4, 0.5) is 5.82 Å². The largest absolute Gasteiger partial charge is 0.349 e. The number of aromatic nitrogens is 2.